The van der Waals surface area contributed by atoms with Crippen LogP contribution in [0, 0.1) is 0 Å². The first kappa shape index (κ1) is 21.3. The molecular formula is C34H21N3S. The van der Waals surface area contributed by atoms with Gasteiger partial charge in [0.1, 0.15) is 5.65 Å². The summed E-state index contributed by atoms with van der Waals surface area (Å²) in [6, 6.07) is 43.0. The van der Waals surface area contributed by atoms with Gasteiger partial charge >= 0.3 is 0 Å². The van der Waals surface area contributed by atoms with Crippen molar-refractivity contribution in [2.45, 2.75) is 0 Å². The van der Waals surface area contributed by atoms with Gasteiger partial charge in [-0.05, 0) is 70.8 Å². The minimum absolute atomic E-state index is 0.968. The molecule has 178 valence electrons. The van der Waals surface area contributed by atoms with Crippen LogP contribution in [-0.4, -0.2) is 14.4 Å². The largest absolute Gasteiger partial charge is 0.290 e. The lowest BCUT2D eigenvalue weighted by Crippen LogP contribution is -1.93. The third-order valence-corrected chi connectivity index (χ3v) is 8.45. The monoisotopic (exact) mass is 503 g/mol. The van der Waals surface area contributed by atoms with Crippen LogP contribution >= 0.6 is 11.3 Å². The fourth-order valence-corrected chi connectivity index (χ4v) is 6.44. The molecule has 0 bridgehead atoms. The highest BCUT2D eigenvalue weighted by atomic mass is 32.1. The molecule has 0 aliphatic heterocycles. The van der Waals surface area contributed by atoms with Crippen LogP contribution in [0.1, 0.15) is 0 Å². The van der Waals surface area contributed by atoms with Crippen LogP contribution in [0.4, 0.5) is 0 Å². The lowest BCUT2D eigenvalue weighted by molar-refractivity contribution is 1.29. The normalized spacial score (nSPS) is 11.7. The van der Waals surface area contributed by atoms with E-state index >= 15 is 0 Å². The molecule has 0 saturated carbocycles. The minimum Gasteiger partial charge on any atom is -0.290 e. The summed E-state index contributed by atoms with van der Waals surface area (Å²) in [5.41, 5.74) is 9.99. The van der Waals surface area contributed by atoms with Crippen molar-refractivity contribution in [2.75, 3.05) is 0 Å². The Bertz CT molecular complexity index is 2120. The molecule has 3 nitrogen and oxygen atoms in total. The second-order valence-corrected chi connectivity index (χ2v) is 10.6. The van der Waals surface area contributed by atoms with Gasteiger partial charge in [0.05, 0.1) is 22.1 Å². The third-order valence-electron chi connectivity index (χ3n) is 7.27. The summed E-state index contributed by atoms with van der Waals surface area (Å²) >= 11 is 1.83. The van der Waals surface area contributed by atoms with Gasteiger partial charge in [0.2, 0.25) is 0 Å². The molecule has 4 aromatic carbocycles. The molecule has 0 N–H and O–H groups in total. The fraction of sp³-hybridized carbons (Fsp3) is 0. The van der Waals surface area contributed by atoms with E-state index in [-0.39, 0.29) is 0 Å². The first-order valence-corrected chi connectivity index (χ1v) is 13.5. The highest BCUT2D eigenvalue weighted by molar-refractivity contribution is 7.18. The number of imidazole rings is 1. The summed E-state index contributed by atoms with van der Waals surface area (Å²) in [6.07, 6.45) is 1.87. The van der Waals surface area contributed by atoms with Crippen molar-refractivity contribution in [1.82, 2.24) is 14.4 Å². The predicted octanol–water partition coefficient (Wildman–Crippen LogP) is 9.25. The second kappa shape index (κ2) is 8.37. The average molecular weight is 504 g/mol. The van der Waals surface area contributed by atoms with Gasteiger partial charge in [-0.3, -0.25) is 9.38 Å². The number of thiophene rings is 1. The van der Waals surface area contributed by atoms with E-state index in [9.17, 15) is 0 Å². The Balaban J connectivity index is 1.24. The molecular weight excluding hydrogens is 482 g/mol. The summed E-state index contributed by atoms with van der Waals surface area (Å²) in [7, 11) is 0. The molecule has 0 unspecified atom stereocenters. The zero-order chi connectivity index (χ0) is 25.1. The highest BCUT2D eigenvalue weighted by Crippen LogP contribution is 2.37. The van der Waals surface area contributed by atoms with Gasteiger partial charge in [0, 0.05) is 26.7 Å². The van der Waals surface area contributed by atoms with Crippen molar-refractivity contribution >= 4 is 49.8 Å². The predicted molar refractivity (Wildman–Crippen MR) is 160 cm³/mol. The van der Waals surface area contributed by atoms with Gasteiger partial charge in [-0.15, -0.1) is 11.3 Å². The number of nitrogens with zero attached hydrogens (tertiary/aromatic N) is 3. The molecule has 0 atom stereocenters. The zero-order valence-corrected chi connectivity index (χ0v) is 21.2. The molecule has 4 aromatic heterocycles. The molecule has 4 heterocycles. The molecule has 8 rings (SSSR count). The molecule has 0 radical (unpaired) electrons. The number of para-hydroxylation sites is 2. The van der Waals surface area contributed by atoms with Crippen LogP contribution in [0.15, 0.2) is 128 Å². The van der Waals surface area contributed by atoms with E-state index in [2.05, 4.69) is 114 Å². The van der Waals surface area contributed by atoms with E-state index in [0.29, 0.717) is 0 Å². The van der Waals surface area contributed by atoms with Gasteiger partial charge in [-0.2, -0.15) is 0 Å². The van der Waals surface area contributed by atoms with Crippen molar-refractivity contribution < 1.29 is 0 Å². The third kappa shape index (κ3) is 3.28. The molecule has 0 aliphatic rings. The molecule has 0 aliphatic carbocycles. The van der Waals surface area contributed by atoms with Gasteiger partial charge < -0.3 is 0 Å². The summed E-state index contributed by atoms with van der Waals surface area (Å²) in [5, 5.41) is 2.23. The Hall–Kier alpha value is -4.80. The van der Waals surface area contributed by atoms with Crippen molar-refractivity contribution in [2.24, 2.45) is 0 Å². The Morgan fingerprint density at radius 3 is 2.05 bits per heavy atom. The van der Waals surface area contributed by atoms with E-state index in [1.54, 1.807) is 0 Å². The standard InChI is InChI=1S/C34H21N3S/c1-2-7-23(8-3-1)31-18-19-32(38-31)24-14-12-22(13-15-24)25-16-17-26-27(21-25)33-30(11-6-20-35-33)37-29-10-5-4-9-28(29)36-34(26)37/h1-21H. The van der Waals surface area contributed by atoms with Crippen LogP contribution < -0.4 is 0 Å². The van der Waals surface area contributed by atoms with Crippen LogP contribution in [0.25, 0.3) is 70.5 Å². The van der Waals surface area contributed by atoms with Crippen LogP contribution in [0.5, 0.6) is 0 Å². The van der Waals surface area contributed by atoms with Gasteiger partial charge in [-0.1, -0.05) is 72.8 Å². The SMILES string of the molecule is c1ccc(-c2ccc(-c3ccc(-c4ccc5c(c4)c4ncccc4n4c6ccccc6nc54)cc3)s2)cc1. The summed E-state index contributed by atoms with van der Waals surface area (Å²) < 4.78 is 2.24. The number of fused-ring (bicyclic) bond motifs is 8. The van der Waals surface area contributed by atoms with Crippen molar-refractivity contribution in [3.05, 3.63) is 128 Å². The number of hydrogen-bond donors (Lipinski definition) is 0. The quantitative estimate of drug-likeness (QED) is 0.225. The first-order chi connectivity index (χ1) is 18.8. The average Bonchev–Trinajstić information content (AvgIpc) is 3.64. The van der Waals surface area contributed by atoms with Crippen LogP contribution in [0.3, 0.4) is 0 Å². The van der Waals surface area contributed by atoms with E-state index in [4.69, 9.17) is 9.97 Å². The summed E-state index contributed by atoms with van der Waals surface area (Å²) in [6.45, 7) is 0. The number of benzene rings is 4. The number of aromatic nitrogens is 3. The smallest absolute Gasteiger partial charge is 0.146 e. The Labute approximate surface area is 223 Å². The molecule has 0 amide bonds. The van der Waals surface area contributed by atoms with E-state index in [1.807, 2.05) is 29.7 Å². The van der Waals surface area contributed by atoms with E-state index in [1.165, 1.54) is 32.0 Å². The molecule has 0 fully saturated rings. The second-order valence-electron chi connectivity index (χ2n) is 9.50. The molecule has 0 spiro atoms. The summed E-state index contributed by atoms with van der Waals surface area (Å²) in [5.74, 6) is 0. The molecule has 0 saturated heterocycles. The van der Waals surface area contributed by atoms with Crippen molar-refractivity contribution in [3.8, 4) is 32.0 Å². The molecule has 8 aromatic rings. The maximum Gasteiger partial charge on any atom is 0.146 e. The molecule has 4 heteroatoms. The zero-order valence-electron chi connectivity index (χ0n) is 20.4. The van der Waals surface area contributed by atoms with Crippen molar-refractivity contribution in [1.29, 1.82) is 0 Å². The van der Waals surface area contributed by atoms with Gasteiger partial charge in [0.15, 0.2) is 0 Å². The lowest BCUT2D eigenvalue weighted by atomic mass is 9.99. The Morgan fingerprint density at radius 1 is 0.526 bits per heavy atom. The Morgan fingerprint density at radius 2 is 1.21 bits per heavy atom. The van der Waals surface area contributed by atoms with Crippen LogP contribution in [0.2, 0.25) is 0 Å². The minimum atomic E-state index is 0.968. The molecule has 38 heavy (non-hydrogen) atoms. The maximum atomic E-state index is 5.00. The lowest BCUT2D eigenvalue weighted by Gasteiger charge is -2.10. The topological polar surface area (TPSA) is 30.2 Å². The van der Waals surface area contributed by atoms with Crippen LogP contribution in [-0.2, 0) is 0 Å². The van der Waals surface area contributed by atoms with E-state index in [0.717, 1.165) is 38.5 Å². The first-order valence-electron chi connectivity index (χ1n) is 12.7. The number of hydrogen-bond acceptors (Lipinski definition) is 3. The number of rotatable bonds is 3. The van der Waals surface area contributed by atoms with E-state index < -0.39 is 0 Å². The highest BCUT2D eigenvalue weighted by Gasteiger charge is 2.15. The Kier molecular flexibility index (Phi) is 4.69. The van der Waals surface area contributed by atoms with Gasteiger partial charge in [0.25, 0.3) is 0 Å². The van der Waals surface area contributed by atoms with Gasteiger partial charge in [-0.25, -0.2) is 4.98 Å². The number of pyridine rings is 2. The van der Waals surface area contributed by atoms with Crippen molar-refractivity contribution in [3.63, 3.8) is 0 Å². The maximum absolute atomic E-state index is 5.00. The summed E-state index contributed by atoms with van der Waals surface area (Å²) in [4.78, 5) is 12.4. The fourth-order valence-electron chi connectivity index (χ4n) is 5.43.